The lowest BCUT2D eigenvalue weighted by Crippen LogP contribution is -2.14. The van der Waals surface area contributed by atoms with Crippen molar-refractivity contribution in [3.05, 3.63) is 11.7 Å². The van der Waals surface area contributed by atoms with E-state index in [0.29, 0.717) is 12.5 Å². The van der Waals surface area contributed by atoms with Crippen molar-refractivity contribution in [2.45, 2.75) is 25.3 Å². The average molecular weight is 197 g/mol. The van der Waals surface area contributed by atoms with Gasteiger partial charge in [-0.1, -0.05) is 5.16 Å². The van der Waals surface area contributed by atoms with Gasteiger partial charge in [0, 0.05) is 19.1 Å². The molecule has 2 heterocycles. The molecule has 1 aromatic rings. The van der Waals surface area contributed by atoms with Gasteiger partial charge in [0.15, 0.2) is 5.82 Å². The van der Waals surface area contributed by atoms with Gasteiger partial charge in [-0.25, -0.2) is 0 Å². The SMILES string of the molecule is CNCc1noc(C2CCOCC2)n1. The number of ether oxygens (including phenoxy) is 1. The molecule has 1 aliphatic rings. The van der Waals surface area contributed by atoms with Crippen LogP contribution in [0.25, 0.3) is 0 Å². The summed E-state index contributed by atoms with van der Waals surface area (Å²) in [5.41, 5.74) is 0. The van der Waals surface area contributed by atoms with E-state index < -0.39 is 0 Å². The molecule has 78 valence electrons. The van der Waals surface area contributed by atoms with Crippen LogP contribution in [-0.2, 0) is 11.3 Å². The van der Waals surface area contributed by atoms with Crippen LogP contribution in [0.15, 0.2) is 4.52 Å². The van der Waals surface area contributed by atoms with Gasteiger partial charge in [-0.05, 0) is 19.9 Å². The van der Waals surface area contributed by atoms with E-state index in [1.165, 1.54) is 0 Å². The molecule has 1 N–H and O–H groups in total. The number of nitrogens with one attached hydrogen (secondary N) is 1. The van der Waals surface area contributed by atoms with Gasteiger partial charge in [-0.2, -0.15) is 4.98 Å². The molecule has 0 unspecified atom stereocenters. The predicted molar refractivity (Wildman–Crippen MR) is 49.9 cm³/mol. The highest BCUT2D eigenvalue weighted by atomic mass is 16.5. The number of hydrogen-bond donors (Lipinski definition) is 1. The molecule has 0 aliphatic carbocycles. The van der Waals surface area contributed by atoms with Crippen molar-refractivity contribution < 1.29 is 9.26 Å². The van der Waals surface area contributed by atoms with Crippen LogP contribution in [0.1, 0.15) is 30.5 Å². The third kappa shape index (κ3) is 2.10. The highest BCUT2D eigenvalue weighted by molar-refractivity contribution is 4.94. The molecule has 0 aromatic carbocycles. The number of nitrogens with zero attached hydrogens (tertiary/aromatic N) is 2. The fourth-order valence-electron chi connectivity index (χ4n) is 1.61. The molecule has 0 saturated carbocycles. The zero-order valence-corrected chi connectivity index (χ0v) is 8.32. The van der Waals surface area contributed by atoms with Crippen LogP contribution in [0, 0.1) is 0 Å². The second kappa shape index (κ2) is 4.52. The molecule has 1 aromatic heterocycles. The summed E-state index contributed by atoms with van der Waals surface area (Å²) < 4.78 is 10.5. The van der Waals surface area contributed by atoms with E-state index in [0.717, 1.165) is 37.8 Å². The first kappa shape index (κ1) is 9.61. The molecule has 5 heteroatoms. The highest BCUT2D eigenvalue weighted by Gasteiger charge is 2.21. The predicted octanol–water partition coefficient (Wildman–Crippen LogP) is 0.683. The van der Waals surface area contributed by atoms with Crippen LogP contribution >= 0.6 is 0 Å². The van der Waals surface area contributed by atoms with Crippen LogP contribution in [0.5, 0.6) is 0 Å². The molecular weight excluding hydrogens is 182 g/mol. The molecule has 1 saturated heterocycles. The molecule has 0 bridgehead atoms. The van der Waals surface area contributed by atoms with Gasteiger partial charge in [-0.15, -0.1) is 0 Å². The van der Waals surface area contributed by atoms with Crippen LogP contribution in [0.4, 0.5) is 0 Å². The van der Waals surface area contributed by atoms with Crippen LogP contribution < -0.4 is 5.32 Å². The van der Waals surface area contributed by atoms with Crippen molar-refractivity contribution in [3.63, 3.8) is 0 Å². The topological polar surface area (TPSA) is 60.2 Å². The van der Waals surface area contributed by atoms with Crippen molar-refractivity contribution >= 4 is 0 Å². The van der Waals surface area contributed by atoms with Crippen LogP contribution in [-0.4, -0.2) is 30.4 Å². The first-order valence-corrected chi connectivity index (χ1v) is 4.95. The summed E-state index contributed by atoms with van der Waals surface area (Å²) in [7, 11) is 1.87. The van der Waals surface area contributed by atoms with E-state index in [4.69, 9.17) is 9.26 Å². The summed E-state index contributed by atoms with van der Waals surface area (Å²) in [4.78, 5) is 4.33. The zero-order valence-electron chi connectivity index (χ0n) is 8.32. The maximum Gasteiger partial charge on any atom is 0.229 e. The fraction of sp³-hybridized carbons (Fsp3) is 0.778. The fourth-order valence-corrected chi connectivity index (χ4v) is 1.61. The van der Waals surface area contributed by atoms with Gasteiger partial charge in [0.1, 0.15) is 0 Å². The molecule has 0 radical (unpaired) electrons. The van der Waals surface area contributed by atoms with Crippen molar-refractivity contribution in [1.29, 1.82) is 0 Å². The normalized spacial score (nSPS) is 18.6. The number of aromatic nitrogens is 2. The van der Waals surface area contributed by atoms with Gasteiger partial charge in [0.2, 0.25) is 5.89 Å². The van der Waals surface area contributed by atoms with Gasteiger partial charge < -0.3 is 14.6 Å². The molecule has 1 fully saturated rings. The molecule has 0 amide bonds. The molecular formula is C9H15N3O2. The Morgan fingerprint density at radius 3 is 2.93 bits per heavy atom. The lowest BCUT2D eigenvalue weighted by Gasteiger charge is -2.17. The summed E-state index contributed by atoms with van der Waals surface area (Å²) in [5, 5.41) is 6.88. The minimum absolute atomic E-state index is 0.391. The maximum atomic E-state index is 5.27. The Hall–Kier alpha value is -0.940. The smallest absolute Gasteiger partial charge is 0.229 e. The second-order valence-electron chi connectivity index (χ2n) is 3.47. The second-order valence-corrected chi connectivity index (χ2v) is 3.47. The van der Waals surface area contributed by atoms with Crippen molar-refractivity contribution in [2.75, 3.05) is 20.3 Å². The van der Waals surface area contributed by atoms with Gasteiger partial charge in [-0.3, -0.25) is 0 Å². The van der Waals surface area contributed by atoms with Crippen LogP contribution in [0.3, 0.4) is 0 Å². The third-order valence-electron chi connectivity index (χ3n) is 2.39. The summed E-state index contributed by atoms with van der Waals surface area (Å²) in [5.74, 6) is 1.88. The first-order valence-electron chi connectivity index (χ1n) is 4.95. The summed E-state index contributed by atoms with van der Waals surface area (Å²) in [6, 6.07) is 0. The van der Waals surface area contributed by atoms with E-state index in [1.807, 2.05) is 7.05 Å². The van der Waals surface area contributed by atoms with Crippen molar-refractivity contribution in [3.8, 4) is 0 Å². The Morgan fingerprint density at radius 2 is 2.21 bits per heavy atom. The Balaban J connectivity index is 2.00. The molecule has 14 heavy (non-hydrogen) atoms. The molecule has 2 rings (SSSR count). The maximum absolute atomic E-state index is 5.27. The molecule has 0 spiro atoms. The Kier molecular flexibility index (Phi) is 3.10. The first-order chi connectivity index (χ1) is 6.90. The van der Waals surface area contributed by atoms with E-state index in [-0.39, 0.29) is 0 Å². The largest absolute Gasteiger partial charge is 0.381 e. The average Bonchev–Trinajstić information content (AvgIpc) is 2.68. The summed E-state index contributed by atoms with van der Waals surface area (Å²) in [6.45, 7) is 2.26. The monoisotopic (exact) mass is 197 g/mol. The van der Waals surface area contributed by atoms with Gasteiger partial charge in [0.05, 0.1) is 6.54 Å². The van der Waals surface area contributed by atoms with Crippen molar-refractivity contribution in [1.82, 2.24) is 15.5 Å². The molecule has 5 nitrogen and oxygen atoms in total. The summed E-state index contributed by atoms with van der Waals surface area (Å²) >= 11 is 0. The number of rotatable bonds is 3. The van der Waals surface area contributed by atoms with E-state index in [1.54, 1.807) is 0 Å². The van der Waals surface area contributed by atoms with E-state index in [9.17, 15) is 0 Å². The Bertz CT molecular complexity index is 281. The standard InChI is InChI=1S/C9H15N3O2/c1-10-6-8-11-9(14-12-8)7-2-4-13-5-3-7/h7,10H,2-6H2,1H3. The van der Waals surface area contributed by atoms with Gasteiger partial charge in [0.25, 0.3) is 0 Å². The molecule has 0 atom stereocenters. The van der Waals surface area contributed by atoms with Crippen LogP contribution in [0.2, 0.25) is 0 Å². The van der Waals surface area contributed by atoms with Crippen molar-refractivity contribution in [2.24, 2.45) is 0 Å². The number of hydrogen-bond acceptors (Lipinski definition) is 5. The van der Waals surface area contributed by atoms with Gasteiger partial charge >= 0.3 is 0 Å². The Morgan fingerprint density at radius 1 is 1.43 bits per heavy atom. The minimum atomic E-state index is 0.391. The highest BCUT2D eigenvalue weighted by Crippen LogP contribution is 2.24. The molecule has 1 aliphatic heterocycles. The quantitative estimate of drug-likeness (QED) is 0.772. The third-order valence-corrected chi connectivity index (χ3v) is 2.39. The lowest BCUT2D eigenvalue weighted by atomic mass is 10.0. The minimum Gasteiger partial charge on any atom is -0.381 e. The lowest BCUT2D eigenvalue weighted by molar-refractivity contribution is 0.0778. The zero-order chi connectivity index (χ0) is 9.80. The van der Waals surface area contributed by atoms with E-state index >= 15 is 0 Å². The Labute approximate surface area is 82.8 Å². The summed E-state index contributed by atoms with van der Waals surface area (Å²) in [6.07, 6.45) is 1.97. The van der Waals surface area contributed by atoms with E-state index in [2.05, 4.69) is 15.5 Å².